The molecule has 0 saturated carbocycles. The van der Waals surface area contributed by atoms with E-state index in [-0.39, 0.29) is 12.0 Å². The highest BCUT2D eigenvalue weighted by Crippen LogP contribution is 2.38. The fourth-order valence-electron chi connectivity index (χ4n) is 4.15. The SMILES string of the molecule is COc1cc(/C=C2\CCCN3C2=NO[C@H]3c2ccc(F)cc2Br)ccc1-n1cnc(C)c1. The van der Waals surface area contributed by atoms with E-state index in [0.717, 1.165) is 59.1 Å². The summed E-state index contributed by atoms with van der Waals surface area (Å²) >= 11 is 3.45. The first kappa shape index (κ1) is 20.8. The fraction of sp³-hybridized carbons (Fsp3) is 0.250. The number of hydrogen-bond acceptors (Lipinski definition) is 5. The predicted molar refractivity (Wildman–Crippen MR) is 124 cm³/mol. The van der Waals surface area contributed by atoms with E-state index in [0.29, 0.717) is 4.47 Å². The molecule has 0 amide bonds. The van der Waals surface area contributed by atoms with Crippen LogP contribution < -0.4 is 4.74 Å². The number of aryl methyl sites for hydroxylation is 1. The number of fused-ring (bicyclic) bond motifs is 1. The lowest BCUT2D eigenvalue weighted by atomic mass is 9.99. The third-order valence-corrected chi connectivity index (χ3v) is 6.38. The normalized spacial score (nSPS) is 19.0. The Bertz CT molecular complexity index is 1240. The summed E-state index contributed by atoms with van der Waals surface area (Å²) in [6.07, 6.45) is 7.39. The van der Waals surface area contributed by atoms with E-state index >= 15 is 0 Å². The van der Waals surface area contributed by atoms with Crippen LogP contribution >= 0.6 is 15.9 Å². The molecule has 1 saturated heterocycles. The highest BCUT2D eigenvalue weighted by Gasteiger charge is 2.36. The number of ether oxygens (including phenoxy) is 1. The summed E-state index contributed by atoms with van der Waals surface area (Å²) in [5, 5.41) is 4.38. The van der Waals surface area contributed by atoms with E-state index in [4.69, 9.17) is 9.57 Å². The molecule has 8 heteroatoms. The zero-order valence-electron chi connectivity index (χ0n) is 17.8. The molecule has 0 spiro atoms. The molecule has 164 valence electrons. The topological polar surface area (TPSA) is 51.9 Å². The quantitative estimate of drug-likeness (QED) is 0.470. The van der Waals surface area contributed by atoms with Gasteiger partial charge in [0.15, 0.2) is 5.84 Å². The molecule has 1 fully saturated rings. The van der Waals surface area contributed by atoms with E-state index in [1.165, 1.54) is 12.1 Å². The molecule has 0 unspecified atom stereocenters. The molecule has 3 heterocycles. The smallest absolute Gasteiger partial charge is 0.228 e. The van der Waals surface area contributed by atoms with Gasteiger partial charge in [-0.1, -0.05) is 27.2 Å². The summed E-state index contributed by atoms with van der Waals surface area (Å²) in [4.78, 5) is 12.2. The van der Waals surface area contributed by atoms with Crippen LogP contribution in [-0.4, -0.2) is 33.9 Å². The molecule has 2 aliphatic heterocycles. The van der Waals surface area contributed by atoms with Crippen molar-refractivity contribution in [2.24, 2.45) is 5.16 Å². The van der Waals surface area contributed by atoms with E-state index in [1.54, 1.807) is 19.5 Å². The lowest BCUT2D eigenvalue weighted by molar-refractivity contribution is 0.00730. The summed E-state index contributed by atoms with van der Waals surface area (Å²) in [6.45, 7) is 2.78. The minimum Gasteiger partial charge on any atom is -0.495 e. The standard InChI is InChI=1S/C24H22BrFN4O2/c1-15-13-29(14-27-15)21-8-5-16(11-22(21)31-2)10-17-4-3-9-30-23(17)28-32-24(30)19-7-6-18(26)12-20(19)25/h5-8,10-14,24H,3-4,9H2,1-2H3/b17-10+/t24-/m0/s1. The number of hydrogen-bond donors (Lipinski definition) is 0. The Morgan fingerprint density at radius 2 is 2.12 bits per heavy atom. The predicted octanol–water partition coefficient (Wildman–Crippen LogP) is 5.61. The van der Waals surface area contributed by atoms with Crippen molar-refractivity contribution in [2.45, 2.75) is 26.0 Å². The first-order chi connectivity index (χ1) is 15.5. The van der Waals surface area contributed by atoms with Gasteiger partial charge in [0.05, 0.1) is 24.8 Å². The van der Waals surface area contributed by atoms with Crippen molar-refractivity contribution in [1.29, 1.82) is 0 Å². The van der Waals surface area contributed by atoms with Gasteiger partial charge in [-0.15, -0.1) is 0 Å². The van der Waals surface area contributed by atoms with Gasteiger partial charge in [-0.05, 0) is 67.3 Å². The van der Waals surface area contributed by atoms with E-state index in [1.807, 2.05) is 29.8 Å². The Morgan fingerprint density at radius 3 is 2.88 bits per heavy atom. The number of rotatable bonds is 4. The Labute approximate surface area is 194 Å². The molecule has 32 heavy (non-hydrogen) atoms. The van der Waals surface area contributed by atoms with Crippen LogP contribution in [0.5, 0.6) is 5.75 Å². The lowest BCUT2D eigenvalue weighted by Crippen LogP contribution is -2.36. The van der Waals surface area contributed by atoms with Gasteiger partial charge < -0.3 is 19.0 Å². The van der Waals surface area contributed by atoms with Gasteiger partial charge in [0.25, 0.3) is 0 Å². The van der Waals surface area contributed by atoms with Crippen LogP contribution in [0.3, 0.4) is 0 Å². The number of oxime groups is 1. The second-order valence-corrected chi connectivity index (χ2v) is 8.71. The van der Waals surface area contributed by atoms with Gasteiger partial charge in [-0.3, -0.25) is 0 Å². The second kappa shape index (κ2) is 8.43. The minimum absolute atomic E-state index is 0.290. The van der Waals surface area contributed by atoms with Gasteiger partial charge in [0, 0.05) is 22.8 Å². The maximum atomic E-state index is 13.5. The number of amidine groups is 1. The third-order valence-electron chi connectivity index (χ3n) is 5.69. The molecule has 0 aliphatic carbocycles. The number of halogens is 2. The summed E-state index contributed by atoms with van der Waals surface area (Å²) < 4.78 is 21.8. The number of imidazole rings is 1. The first-order valence-electron chi connectivity index (χ1n) is 10.4. The van der Waals surface area contributed by atoms with Crippen LogP contribution in [0.25, 0.3) is 11.8 Å². The molecule has 3 aromatic rings. The van der Waals surface area contributed by atoms with Crippen molar-refractivity contribution in [3.63, 3.8) is 0 Å². The molecule has 1 aromatic heterocycles. The molecule has 1 atom stereocenters. The largest absolute Gasteiger partial charge is 0.495 e. The zero-order chi connectivity index (χ0) is 22.2. The van der Waals surface area contributed by atoms with Gasteiger partial charge in [0.1, 0.15) is 11.6 Å². The summed E-state index contributed by atoms with van der Waals surface area (Å²) in [7, 11) is 1.67. The Hall–Kier alpha value is -3.13. The van der Waals surface area contributed by atoms with Gasteiger partial charge in [-0.2, -0.15) is 0 Å². The van der Waals surface area contributed by atoms with Crippen molar-refractivity contribution in [1.82, 2.24) is 14.5 Å². The van der Waals surface area contributed by atoms with Crippen molar-refractivity contribution in [3.05, 3.63) is 81.6 Å². The number of methoxy groups -OCH3 is 1. The van der Waals surface area contributed by atoms with Crippen LogP contribution in [0.15, 0.2) is 64.1 Å². The van der Waals surface area contributed by atoms with Gasteiger partial charge >= 0.3 is 0 Å². The van der Waals surface area contributed by atoms with E-state index in [2.05, 4.69) is 43.1 Å². The molecule has 2 aromatic carbocycles. The molecular weight excluding hydrogens is 475 g/mol. The summed E-state index contributed by atoms with van der Waals surface area (Å²) in [6, 6.07) is 10.7. The third kappa shape index (κ3) is 3.79. The average Bonchev–Trinajstić information content (AvgIpc) is 3.41. The van der Waals surface area contributed by atoms with Crippen LogP contribution in [0.2, 0.25) is 0 Å². The Morgan fingerprint density at radius 1 is 1.25 bits per heavy atom. The van der Waals surface area contributed by atoms with Crippen molar-refractivity contribution < 1.29 is 14.0 Å². The lowest BCUT2D eigenvalue weighted by Gasteiger charge is -2.30. The van der Waals surface area contributed by atoms with Crippen molar-refractivity contribution in [3.8, 4) is 11.4 Å². The van der Waals surface area contributed by atoms with E-state index < -0.39 is 0 Å². The average molecular weight is 497 g/mol. The summed E-state index contributed by atoms with van der Waals surface area (Å²) in [5.41, 5.74) is 4.86. The Kier molecular flexibility index (Phi) is 5.46. The van der Waals surface area contributed by atoms with Crippen LogP contribution in [0.1, 0.15) is 35.9 Å². The van der Waals surface area contributed by atoms with E-state index in [9.17, 15) is 4.39 Å². The number of aromatic nitrogens is 2. The molecular formula is C24H22BrFN4O2. The van der Waals surface area contributed by atoms with Gasteiger partial charge in [-0.25, -0.2) is 9.37 Å². The molecule has 5 rings (SSSR count). The van der Waals surface area contributed by atoms with Gasteiger partial charge in [0.2, 0.25) is 6.23 Å². The zero-order valence-corrected chi connectivity index (χ0v) is 19.3. The monoisotopic (exact) mass is 496 g/mol. The highest BCUT2D eigenvalue weighted by atomic mass is 79.9. The molecule has 6 nitrogen and oxygen atoms in total. The molecule has 0 N–H and O–H groups in total. The summed E-state index contributed by atoms with van der Waals surface area (Å²) in [5.74, 6) is 1.30. The number of benzene rings is 2. The maximum absolute atomic E-state index is 13.5. The van der Waals surface area contributed by atoms with Crippen LogP contribution in [-0.2, 0) is 4.84 Å². The molecule has 2 aliphatic rings. The fourth-order valence-corrected chi connectivity index (χ4v) is 4.70. The second-order valence-electron chi connectivity index (χ2n) is 7.86. The molecule has 0 radical (unpaired) electrons. The number of piperidine rings is 1. The van der Waals surface area contributed by atoms with Crippen molar-refractivity contribution >= 4 is 27.8 Å². The highest BCUT2D eigenvalue weighted by molar-refractivity contribution is 9.10. The van der Waals surface area contributed by atoms with Crippen LogP contribution in [0.4, 0.5) is 4.39 Å². The first-order valence-corrected chi connectivity index (χ1v) is 11.2. The number of nitrogens with zero attached hydrogens (tertiary/aromatic N) is 4. The minimum atomic E-state index is -0.370. The van der Waals surface area contributed by atoms with Crippen molar-refractivity contribution in [2.75, 3.05) is 13.7 Å². The molecule has 0 bridgehead atoms. The Balaban J connectivity index is 1.43. The van der Waals surface area contributed by atoms with Crippen LogP contribution in [0, 0.1) is 12.7 Å². The maximum Gasteiger partial charge on any atom is 0.228 e.